The summed E-state index contributed by atoms with van der Waals surface area (Å²) in [4.78, 5) is 11.6. The molecule has 1 aromatic heterocycles. The highest BCUT2D eigenvalue weighted by atomic mass is 32.1. The maximum Gasteiger partial charge on any atom is 0.242 e. The molecule has 1 amide bonds. The maximum absolute atomic E-state index is 11.6. The Bertz CT molecular complexity index is 565. The van der Waals surface area contributed by atoms with Crippen molar-refractivity contribution in [3.63, 3.8) is 0 Å². The average Bonchev–Trinajstić information content (AvgIpc) is 2.70. The van der Waals surface area contributed by atoms with Gasteiger partial charge in [-0.15, -0.1) is 11.3 Å². The normalized spacial score (nSPS) is 10.1. The van der Waals surface area contributed by atoms with Crippen molar-refractivity contribution in [2.45, 2.75) is 6.42 Å². The summed E-state index contributed by atoms with van der Waals surface area (Å²) in [6, 6.07) is 7.99. The largest absolute Gasteiger partial charge is 0.375 e. The molecular formula is C11H11N3OS2. The van der Waals surface area contributed by atoms with Crippen LogP contribution in [0.15, 0.2) is 29.6 Å². The fraction of sp³-hybridized carbons (Fsp3) is 0.0909. The standard InChI is InChI=1S/C11H11N3OS2/c12-11(16)14-13-10(15)5-7-6-17-9-4-2-1-3-8(7)9/h1-4,6H,5H2,(H,13,15)(H3,12,14,16). The van der Waals surface area contributed by atoms with E-state index in [1.165, 1.54) is 4.70 Å². The lowest BCUT2D eigenvalue weighted by atomic mass is 10.1. The molecule has 0 unspecified atom stereocenters. The molecule has 4 nitrogen and oxygen atoms in total. The number of hydrogen-bond acceptors (Lipinski definition) is 3. The van der Waals surface area contributed by atoms with Crippen LogP contribution in [0.1, 0.15) is 5.56 Å². The lowest BCUT2D eigenvalue weighted by Crippen LogP contribution is -2.44. The highest BCUT2D eigenvalue weighted by Gasteiger charge is 2.08. The molecular weight excluding hydrogens is 254 g/mol. The lowest BCUT2D eigenvalue weighted by molar-refractivity contribution is -0.120. The fourth-order valence-corrected chi connectivity index (χ4v) is 2.53. The van der Waals surface area contributed by atoms with Gasteiger partial charge in [-0.3, -0.25) is 15.6 Å². The third kappa shape index (κ3) is 2.92. The molecule has 0 saturated heterocycles. The van der Waals surface area contributed by atoms with E-state index in [9.17, 15) is 4.79 Å². The van der Waals surface area contributed by atoms with Crippen molar-refractivity contribution < 1.29 is 4.79 Å². The number of carbonyl (C=O) groups excluding carboxylic acids is 1. The van der Waals surface area contributed by atoms with E-state index >= 15 is 0 Å². The molecule has 0 spiro atoms. The van der Waals surface area contributed by atoms with Crippen molar-refractivity contribution in [3.8, 4) is 0 Å². The summed E-state index contributed by atoms with van der Waals surface area (Å²) in [6.45, 7) is 0. The molecule has 2 rings (SSSR count). The monoisotopic (exact) mass is 265 g/mol. The van der Waals surface area contributed by atoms with Crippen molar-refractivity contribution in [2.75, 3.05) is 0 Å². The Kier molecular flexibility index (Phi) is 3.55. The molecule has 0 radical (unpaired) electrons. The Morgan fingerprint density at radius 1 is 1.35 bits per heavy atom. The number of thiocarbonyl (C=S) groups is 1. The summed E-state index contributed by atoms with van der Waals surface area (Å²) in [5, 5.41) is 3.15. The van der Waals surface area contributed by atoms with E-state index in [1.807, 2.05) is 29.6 Å². The Hall–Kier alpha value is -1.66. The van der Waals surface area contributed by atoms with E-state index in [2.05, 4.69) is 23.1 Å². The number of nitrogens with two attached hydrogens (primary N) is 1. The molecule has 6 heteroatoms. The second-order valence-corrected chi connectivity index (χ2v) is 4.82. The number of thiophene rings is 1. The summed E-state index contributed by atoms with van der Waals surface area (Å²) in [5.74, 6) is -0.165. The van der Waals surface area contributed by atoms with Crippen LogP contribution in [0.5, 0.6) is 0 Å². The number of fused-ring (bicyclic) bond motifs is 1. The number of rotatable bonds is 2. The molecule has 1 aromatic carbocycles. The minimum atomic E-state index is -0.165. The number of amides is 1. The molecule has 0 atom stereocenters. The Labute approximate surface area is 108 Å². The first kappa shape index (κ1) is 11.8. The first-order chi connectivity index (χ1) is 8.16. The van der Waals surface area contributed by atoms with Crippen LogP contribution >= 0.6 is 23.6 Å². The van der Waals surface area contributed by atoms with Gasteiger partial charge in [0.25, 0.3) is 0 Å². The zero-order valence-electron chi connectivity index (χ0n) is 8.90. The van der Waals surface area contributed by atoms with E-state index < -0.39 is 0 Å². The van der Waals surface area contributed by atoms with Gasteiger partial charge in [0.2, 0.25) is 5.91 Å². The van der Waals surface area contributed by atoms with Crippen LogP contribution in [0.2, 0.25) is 0 Å². The van der Waals surface area contributed by atoms with Gasteiger partial charge in [-0.25, -0.2) is 0 Å². The van der Waals surface area contributed by atoms with E-state index in [-0.39, 0.29) is 11.0 Å². The summed E-state index contributed by atoms with van der Waals surface area (Å²) < 4.78 is 1.18. The van der Waals surface area contributed by atoms with Gasteiger partial charge in [-0.1, -0.05) is 18.2 Å². The summed E-state index contributed by atoms with van der Waals surface area (Å²) in [7, 11) is 0. The molecule has 4 N–H and O–H groups in total. The predicted octanol–water partition coefficient (Wildman–Crippen LogP) is 1.31. The van der Waals surface area contributed by atoms with Gasteiger partial charge in [0.1, 0.15) is 0 Å². The fourth-order valence-electron chi connectivity index (χ4n) is 1.52. The van der Waals surface area contributed by atoms with Crippen LogP contribution in [0.25, 0.3) is 10.1 Å². The molecule has 88 valence electrons. The minimum absolute atomic E-state index is 0.0496. The number of carbonyl (C=O) groups is 1. The smallest absolute Gasteiger partial charge is 0.242 e. The molecule has 17 heavy (non-hydrogen) atoms. The van der Waals surface area contributed by atoms with Crippen LogP contribution in [-0.2, 0) is 11.2 Å². The average molecular weight is 265 g/mol. The zero-order chi connectivity index (χ0) is 12.3. The van der Waals surface area contributed by atoms with Gasteiger partial charge >= 0.3 is 0 Å². The van der Waals surface area contributed by atoms with Crippen LogP contribution < -0.4 is 16.6 Å². The molecule has 0 saturated carbocycles. The first-order valence-electron chi connectivity index (χ1n) is 4.96. The molecule has 0 aliphatic rings. The number of benzene rings is 1. The highest BCUT2D eigenvalue weighted by Crippen LogP contribution is 2.25. The molecule has 0 aliphatic heterocycles. The molecule has 1 heterocycles. The van der Waals surface area contributed by atoms with Gasteiger partial charge in [-0.05, 0) is 34.6 Å². The lowest BCUT2D eigenvalue weighted by Gasteiger charge is -2.05. The van der Waals surface area contributed by atoms with Crippen LogP contribution in [0, 0.1) is 0 Å². The van der Waals surface area contributed by atoms with Crippen LogP contribution in [0.3, 0.4) is 0 Å². The molecule has 2 aromatic rings. The predicted molar refractivity (Wildman–Crippen MR) is 73.6 cm³/mol. The quantitative estimate of drug-likeness (QED) is 0.566. The van der Waals surface area contributed by atoms with E-state index in [0.717, 1.165) is 10.9 Å². The van der Waals surface area contributed by atoms with E-state index in [1.54, 1.807) is 11.3 Å². The second-order valence-electron chi connectivity index (χ2n) is 3.47. The number of nitrogens with one attached hydrogen (secondary N) is 2. The topological polar surface area (TPSA) is 67.2 Å². The summed E-state index contributed by atoms with van der Waals surface area (Å²) in [5.41, 5.74) is 11.1. The Balaban J connectivity index is 2.08. The van der Waals surface area contributed by atoms with Crippen LogP contribution in [0.4, 0.5) is 0 Å². The van der Waals surface area contributed by atoms with Crippen LogP contribution in [-0.4, -0.2) is 11.0 Å². The SMILES string of the molecule is NC(=S)NNC(=O)Cc1csc2ccccc12. The Morgan fingerprint density at radius 2 is 2.12 bits per heavy atom. The van der Waals surface area contributed by atoms with Crippen molar-refractivity contribution >= 4 is 44.7 Å². The minimum Gasteiger partial charge on any atom is -0.375 e. The number of hydrogen-bond donors (Lipinski definition) is 3. The third-order valence-electron chi connectivity index (χ3n) is 2.24. The molecule has 0 fully saturated rings. The highest BCUT2D eigenvalue weighted by molar-refractivity contribution is 7.80. The van der Waals surface area contributed by atoms with E-state index in [0.29, 0.717) is 6.42 Å². The molecule has 0 aliphatic carbocycles. The Morgan fingerprint density at radius 3 is 2.88 bits per heavy atom. The van der Waals surface area contributed by atoms with Gasteiger partial charge in [0.15, 0.2) is 5.11 Å². The second kappa shape index (κ2) is 5.11. The van der Waals surface area contributed by atoms with Crippen molar-refractivity contribution in [1.29, 1.82) is 0 Å². The van der Waals surface area contributed by atoms with E-state index in [4.69, 9.17) is 5.73 Å². The summed E-state index contributed by atoms with van der Waals surface area (Å²) in [6.07, 6.45) is 0.305. The van der Waals surface area contributed by atoms with Gasteiger partial charge in [-0.2, -0.15) is 0 Å². The van der Waals surface area contributed by atoms with Gasteiger partial charge < -0.3 is 5.73 Å². The maximum atomic E-state index is 11.6. The van der Waals surface area contributed by atoms with Crippen molar-refractivity contribution in [2.24, 2.45) is 5.73 Å². The third-order valence-corrected chi connectivity index (χ3v) is 3.35. The molecule has 0 bridgehead atoms. The first-order valence-corrected chi connectivity index (χ1v) is 6.25. The zero-order valence-corrected chi connectivity index (χ0v) is 10.5. The number of hydrazine groups is 1. The van der Waals surface area contributed by atoms with Gasteiger partial charge in [0.05, 0.1) is 6.42 Å². The van der Waals surface area contributed by atoms with Crippen molar-refractivity contribution in [1.82, 2.24) is 10.9 Å². The van der Waals surface area contributed by atoms with Crippen molar-refractivity contribution in [3.05, 3.63) is 35.2 Å². The van der Waals surface area contributed by atoms with Gasteiger partial charge in [0, 0.05) is 4.70 Å². The summed E-state index contributed by atoms with van der Waals surface area (Å²) >= 11 is 6.22.